The van der Waals surface area contributed by atoms with Crippen molar-refractivity contribution in [2.75, 3.05) is 52.9 Å². The first-order chi connectivity index (χ1) is 14.4. The quantitative estimate of drug-likeness (QED) is 0.475. The van der Waals surface area contributed by atoms with Gasteiger partial charge in [0, 0.05) is 13.1 Å². The summed E-state index contributed by atoms with van der Waals surface area (Å²) in [6, 6.07) is 11.3. The van der Waals surface area contributed by atoms with Crippen molar-refractivity contribution >= 4 is 45.0 Å². The van der Waals surface area contributed by atoms with Gasteiger partial charge >= 0.3 is 0 Å². The number of ether oxygens (including phenoxy) is 3. The molecule has 1 amide bonds. The number of anilines is 1. The van der Waals surface area contributed by atoms with Crippen molar-refractivity contribution in [3.63, 3.8) is 0 Å². The van der Waals surface area contributed by atoms with E-state index in [9.17, 15) is 4.79 Å². The Hall–Kier alpha value is -2.55. The van der Waals surface area contributed by atoms with E-state index in [0.717, 1.165) is 10.3 Å². The smallest absolute Gasteiger partial charge is 0.266 e. The summed E-state index contributed by atoms with van der Waals surface area (Å²) in [7, 11) is 7.15. The Morgan fingerprint density at radius 3 is 2.26 bits per heavy atom. The minimum Gasteiger partial charge on any atom is -0.495 e. The molecule has 0 bridgehead atoms. The lowest BCUT2D eigenvalue weighted by Gasteiger charge is -2.22. The fourth-order valence-electron chi connectivity index (χ4n) is 2.87. The van der Waals surface area contributed by atoms with Gasteiger partial charge in [-0.1, -0.05) is 29.0 Å². The van der Waals surface area contributed by atoms with Crippen LogP contribution < -0.4 is 19.1 Å². The van der Waals surface area contributed by atoms with Crippen LogP contribution in [0.4, 0.5) is 5.13 Å². The molecule has 31 heavy (non-hydrogen) atoms. The third kappa shape index (κ3) is 6.00. The van der Waals surface area contributed by atoms with E-state index in [0.29, 0.717) is 41.0 Å². The van der Waals surface area contributed by atoms with E-state index < -0.39 is 0 Å². The number of benzene rings is 2. The number of hydrogen-bond acceptors (Lipinski definition) is 7. The van der Waals surface area contributed by atoms with E-state index in [2.05, 4.69) is 0 Å². The summed E-state index contributed by atoms with van der Waals surface area (Å²) in [6.07, 6.45) is 0. The summed E-state index contributed by atoms with van der Waals surface area (Å²) in [4.78, 5) is 21.5. The number of carbonyl (C=O) groups excluding carboxylic acids is 1. The molecule has 0 aliphatic heterocycles. The monoisotopic (exact) mass is 465 g/mol. The molecule has 0 atom stereocenters. The van der Waals surface area contributed by atoms with Crippen LogP contribution in [0.15, 0.2) is 36.4 Å². The second-order valence-corrected chi connectivity index (χ2v) is 8.07. The van der Waals surface area contributed by atoms with Crippen LogP contribution >= 0.6 is 23.7 Å². The molecule has 0 unspecified atom stereocenters. The van der Waals surface area contributed by atoms with E-state index in [1.807, 2.05) is 62.3 Å². The molecule has 0 saturated carbocycles. The van der Waals surface area contributed by atoms with Crippen molar-refractivity contribution in [3.05, 3.63) is 42.0 Å². The predicted molar refractivity (Wildman–Crippen MR) is 128 cm³/mol. The Morgan fingerprint density at radius 1 is 1.00 bits per heavy atom. The largest absolute Gasteiger partial charge is 0.495 e. The van der Waals surface area contributed by atoms with E-state index >= 15 is 0 Å². The second-order valence-electron chi connectivity index (χ2n) is 7.09. The lowest BCUT2D eigenvalue weighted by atomic mass is 10.2. The lowest BCUT2D eigenvalue weighted by Crippen LogP contribution is -2.39. The third-order valence-electron chi connectivity index (χ3n) is 4.59. The van der Waals surface area contributed by atoms with Gasteiger partial charge in [0.05, 0.1) is 14.2 Å². The molecule has 7 nitrogen and oxygen atoms in total. The SMILES string of the molecule is COc1ccc(OC)c2sc(N(CCN(C)C)C(=O)COc3ccc(C)cc3)nc12.Cl. The van der Waals surface area contributed by atoms with Crippen molar-refractivity contribution in [1.29, 1.82) is 0 Å². The van der Waals surface area contributed by atoms with Gasteiger partial charge in [-0.05, 0) is 45.3 Å². The molecule has 3 rings (SSSR count). The van der Waals surface area contributed by atoms with Crippen molar-refractivity contribution in [1.82, 2.24) is 9.88 Å². The molecule has 3 aromatic rings. The van der Waals surface area contributed by atoms with Gasteiger partial charge in [0.2, 0.25) is 0 Å². The van der Waals surface area contributed by atoms with Crippen molar-refractivity contribution in [2.45, 2.75) is 6.92 Å². The third-order valence-corrected chi connectivity index (χ3v) is 5.68. The Balaban J connectivity index is 0.00000341. The molecule has 168 valence electrons. The first kappa shape index (κ1) is 24.7. The summed E-state index contributed by atoms with van der Waals surface area (Å²) in [5.74, 6) is 1.85. The fourth-order valence-corrected chi connectivity index (χ4v) is 3.99. The van der Waals surface area contributed by atoms with Crippen molar-refractivity contribution in [2.24, 2.45) is 0 Å². The molecule has 0 aliphatic carbocycles. The number of thiazole rings is 1. The highest BCUT2D eigenvalue weighted by Gasteiger charge is 2.23. The molecule has 0 fully saturated rings. The predicted octanol–water partition coefficient (Wildman–Crippen LogP) is 4.02. The van der Waals surface area contributed by atoms with Crippen LogP contribution in [0.3, 0.4) is 0 Å². The van der Waals surface area contributed by atoms with Crippen LogP contribution in [0.5, 0.6) is 17.2 Å². The number of aryl methyl sites for hydroxylation is 1. The second kappa shape index (κ2) is 11.2. The minimum absolute atomic E-state index is 0. The van der Waals surface area contributed by atoms with Gasteiger partial charge in [0.25, 0.3) is 5.91 Å². The topological polar surface area (TPSA) is 64.1 Å². The first-order valence-corrected chi connectivity index (χ1v) is 10.4. The number of carbonyl (C=O) groups is 1. The van der Waals surface area contributed by atoms with Crippen molar-refractivity contribution in [3.8, 4) is 17.2 Å². The number of rotatable bonds is 9. The summed E-state index contributed by atoms with van der Waals surface area (Å²) >= 11 is 1.40. The van der Waals surface area contributed by atoms with Crippen LogP contribution in [-0.2, 0) is 4.79 Å². The van der Waals surface area contributed by atoms with Crippen LogP contribution in [0.2, 0.25) is 0 Å². The number of nitrogens with zero attached hydrogens (tertiary/aromatic N) is 3. The van der Waals surface area contributed by atoms with Crippen LogP contribution in [-0.4, -0.2) is 63.8 Å². The number of aromatic nitrogens is 1. The summed E-state index contributed by atoms with van der Waals surface area (Å²) in [6.45, 7) is 3.13. The van der Waals surface area contributed by atoms with Crippen molar-refractivity contribution < 1.29 is 19.0 Å². The highest BCUT2D eigenvalue weighted by Crippen LogP contribution is 2.40. The Bertz CT molecular complexity index is 967. The molecule has 0 N–H and O–H groups in total. The summed E-state index contributed by atoms with van der Waals surface area (Å²) in [5.41, 5.74) is 1.82. The number of amides is 1. The fraction of sp³-hybridized carbons (Fsp3) is 0.364. The van der Waals surface area contributed by atoms with E-state index in [-0.39, 0.29) is 24.9 Å². The Labute approximate surface area is 192 Å². The van der Waals surface area contributed by atoms with Gasteiger partial charge in [-0.3, -0.25) is 9.69 Å². The van der Waals surface area contributed by atoms with Gasteiger partial charge in [-0.2, -0.15) is 0 Å². The zero-order valence-corrected chi connectivity index (χ0v) is 20.0. The van der Waals surface area contributed by atoms with Gasteiger partial charge in [0.1, 0.15) is 27.5 Å². The highest BCUT2D eigenvalue weighted by atomic mass is 35.5. The van der Waals surface area contributed by atoms with Gasteiger partial charge in [-0.15, -0.1) is 12.4 Å². The average molecular weight is 466 g/mol. The summed E-state index contributed by atoms with van der Waals surface area (Å²) in [5, 5.41) is 0.590. The highest BCUT2D eigenvalue weighted by molar-refractivity contribution is 7.22. The van der Waals surface area contributed by atoms with Crippen LogP contribution in [0, 0.1) is 6.92 Å². The molecule has 0 aliphatic rings. The molecule has 9 heteroatoms. The first-order valence-electron chi connectivity index (χ1n) is 9.59. The molecule has 1 aromatic heterocycles. The Kier molecular flexibility index (Phi) is 8.91. The molecule has 1 heterocycles. The number of likely N-dealkylation sites (N-methyl/N-ethyl adjacent to an activating group) is 1. The zero-order chi connectivity index (χ0) is 21.7. The number of fused-ring (bicyclic) bond motifs is 1. The number of hydrogen-bond donors (Lipinski definition) is 0. The zero-order valence-electron chi connectivity index (χ0n) is 18.4. The van der Waals surface area contributed by atoms with Crippen LogP contribution in [0.25, 0.3) is 10.2 Å². The molecule has 2 aromatic carbocycles. The molecular weight excluding hydrogens is 438 g/mol. The molecule has 0 radical (unpaired) electrons. The lowest BCUT2D eigenvalue weighted by molar-refractivity contribution is -0.120. The van der Waals surface area contributed by atoms with E-state index in [4.69, 9.17) is 19.2 Å². The van der Waals surface area contributed by atoms with Gasteiger partial charge < -0.3 is 19.1 Å². The maximum atomic E-state index is 13.1. The molecule has 0 saturated heterocycles. The maximum Gasteiger partial charge on any atom is 0.266 e. The number of halogens is 1. The maximum absolute atomic E-state index is 13.1. The number of methoxy groups -OCH3 is 2. The van der Waals surface area contributed by atoms with Gasteiger partial charge in [0.15, 0.2) is 11.7 Å². The normalized spacial score (nSPS) is 10.6. The van der Waals surface area contributed by atoms with Crippen LogP contribution in [0.1, 0.15) is 5.56 Å². The van der Waals surface area contributed by atoms with E-state index in [1.165, 1.54) is 11.3 Å². The Morgan fingerprint density at radius 2 is 1.65 bits per heavy atom. The van der Waals surface area contributed by atoms with Gasteiger partial charge in [-0.25, -0.2) is 4.98 Å². The minimum atomic E-state index is -0.158. The van der Waals surface area contributed by atoms with E-state index in [1.54, 1.807) is 19.1 Å². The molecule has 0 spiro atoms. The summed E-state index contributed by atoms with van der Waals surface area (Å²) < 4.78 is 17.5. The molecular formula is C22H28ClN3O4S. The average Bonchev–Trinajstić information content (AvgIpc) is 3.17. The standard InChI is InChI=1S/C22H27N3O4S.ClH/c1-15-6-8-16(9-7-15)29-14-19(26)25(13-12-24(2)3)22-23-20-17(27-4)10-11-18(28-5)21(20)30-22;/h6-11H,12-14H2,1-5H3;1H.